The van der Waals surface area contributed by atoms with Crippen molar-refractivity contribution in [2.24, 2.45) is 0 Å². The Bertz CT molecular complexity index is 1750. The minimum absolute atomic E-state index is 0.0879. The molecule has 0 N–H and O–H groups in total. The van der Waals surface area contributed by atoms with Crippen LogP contribution in [0.4, 0.5) is 0 Å². The number of esters is 3. The summed E-state index contributed by atoms with van der Waals surface area (Å²) in [6.07, 6.45) is 99.6. The molecule has 0 rings (SSSR count). The van der Waals surface area contributed by atoms with Gasteiger partial charge in [-0.1, -0.05) is 309 Å². The lowest BCUT2D eigenvalue weighted by Crippen LogP contribution is -2.30. The van der Waals surface area contributed by atoms with Crippen LogP contribution in [-0.4, -0.2) is 37.2 Å². The van der Waals surface area contributed by atoms with Gasteiger partial charge in [0.2, 0.25) is 0 Å². The number of allylic oxidation sites excluding steroid dienone is 22. The van der Waals surface area contributed by atoms with Crippen molar-refractivity contribution in [3.8, 4) is 0 Å². The molecule has 0 radical (unpaired) electrons. The maximum atomic E-state index is 12.9. The Kier molecular flexibility index (Phi) is 66.3. The second kappa shape index (κ2) is 70.0. The van der Waals surface area contributed by atoms with Gasteiger partial charge in [0.05, 0.1) is 0 Å². The van der Waals surface area contributed by atoms with Gasteiger partial charge in [0.15, 0.2) is 6.10 Å². The lowest BCUT2D eigenvalue weighted by Gasteiger charge is -2.18. The van der Waals surface area contributed by atoms with Gasteiger partial charge in [-0.15, -0.1) is 0 Å². The lowest BCUT2D eigenvalue weighted by atomic mass is 10.0. The molecule has 0 bridgehead atoms. The summed E-state index contributed by atoms with van der Waals surface area (Å²) in [4.78, 5) is 38.0. The number of hydrogen-bond acceptors (Lipinski definition) is 6. The van der Waals surface area contributed by atoms with Crippen LogP contribution in [0.2, 0.25) is 0 Å². The van der Waals surface area contributed by atoms with Crippen molar-refractivity contribution in [1.29, 1.82) is 0 Å². The summed E-state index contributed by atoms with van der Waals surface area (Å²) in [6, 6.07) is 0. The monoisotopic (exact) mass is 1150 g/mol. The molecule has 0 aliphatic carbocycles. The number of carbonyl (C=O) groups excluding carboxylic acids is 3. The Hall–Kier alpha value is -4.45. The number of unbranched alkanes of at least 4 members (excludes halogenated alkanes) is 29. The second-order valence-corrected chi connectivity index (χ2v) is 22.7. The molecule has 0 heterocycles. The van der Waals surface area contributed by atoms with E-state index in [9.17, 15) is 14.4 Å². The van der Waals surface area contributed by atoms with Crippen LogP contribution in [0.25, 0.3) is 0 Å². The molecule has 0 spiro atoms. The molecule has 0 aliphatic heterocycles. The van der Waals surface area contributed by atoms with Gasteiger partial charge < -0.3 is 14.2 Å². The summed E-state index contributed by atoms with van der Waals surface area (Å²) in [5, 5.41) is 0. The Morgan fingerprint density at radius 2 is 0.470 bits per heavy atom. The fraction of sp³-hybridized carbons (Fsp3) is 0.675. The minimum atomic E-state index is -0.789. The number of carbonyl (C=O) groups is 3. The number of hydrogen-bond donors (Lipinski definition) is 0. The van der Waals surface area contributed by atoms with Gasteiger partial charge in [0.1, 0.15) is 13.2 Å². The SMILES string of the molecule is CC/C=C\C/C=C\C/C=C\C/C=C\C/C=C\C/C=C\C/C=C\C/C=C\C/C=C\C/C=C\CCCCCCC(=O)OCC(COC(=O)CCCCCCC)OC(=O)CCCCCCCCCCCCCCC/C=C\CCCCCCCCCC. The Balaban J connectivity index is 4.10. The van der Waals surface area contributed by atoms with Gasteiger partial charge in [0.25, 0.3) is 0 Å². The van der Waals surface area contributed by atoms with Crippen LogP contribution in [0, 0.1) is 0 Å². The summed E-state index contributed by atoms with van der Waals surface area (Å²) >= 11 is 0. The zero-order valence-electron chi connectivity index (χ0n) is 54.2. The summed E-state index contributed by atoms with van der Waals surface area (Å²) in [6.45, 7) is 6.44. The van der Waals surface area contributed by atoms with Crippen molar-refractivity contribution in [2.45, 2.75) is 322 Å². The number of rotatable bonds is 62. The molecule has 6 heteroatoms. The zero-order chi connectivity index (χ0) is 59.9. The van der Waals surface area contributed by atoms with Crippen LogP contribution in [0.1, 0.15) is 316 Å². The van der Waals surface area contributed by atoms with Gasteiger partial charge in [-0.25, -0.2) is 0 Å². The molecule has 6 nitrogen and oxygen atoms in total. The Morgan fingerprint density at radius 3 is 0.747 bits per heavy atom. The largest absolute Gasteiger partial charge is 0.462 e. The van der Waals surface area contributed by atoms with Crippen molar-refractivity contribution >= 4 is 17.9 Å². The molecule has 0 fully saturated rings. The maximum Gasteiger partial charge on any atom is 0.306 e. The third kappa shape index (κ3) is 68.2. The minimum Gasteiger partial charge on any atom is -0.462 e. The van der Waals surface area contributed by atoms with Crippen LogP contribution in [-0.2, 0) is 28.6 Å². The first-order chi connectivity index (χ1) is 41.0. The van der Waals surface area contributed by atoms with Crippen LogP contribution in [0.3, 0.4) is 0 Å². The molecule has 0 amide bonds. The molecule has 1 atom stereocenters. The highest BCUT2D eigenvalue weighted by Gasteiger charge is 2.19. The second-order valence-electron chi connectivity index (χ2n) is 22.7. The molecular weight excluding hydrogens is 1020 g/mol. The normalized spacial score (nSPS) is 13.0. The van der Waals surface area contributed by atoms with E-state index in [0.717, 1.165) is 141 Å². The summed E-state index contributed by atoms with van der Waals surface area (Å²) < 4.78 is 16.8. The highest BCUT2D eigenvalue weighted by atomic mass is 16.6. The van der Waals surface area contributed by atoms with E-state index in [1.807, 2.05) is 0 Å². The lowest BCUT2D eigenvalue weighted by molar-refractivity contribution is -0.167. The summed E-state index contributed by atoms with van der Waals surface area (Å²) in [5.41, 5.74) is 0. The van der Waals surface area contributed by atoms with E-state index < -0.39 is 6.10 Å². The van der Waals surface area contributed by atoms with Crippen molar-refractivity contribution in [1.82, 2.24) is 0 Å². The molecule has 0 aromatic rings. The van der Waals surface area contributed by atoms with Crippen molar-refractivity contribution in [2.75, 3.05) is 13.2 Å². The van der Waals surface area contributed by atoms with Crippen LogP contribution < -0.4 is 0 Å². The third-order valence-electron chi connectivity index (χ3n) is 14.6. The zero-order valence-corrected chi connectivity index (χ0v) is 54.2. The summed E-state index contributed by atoms with van der Waals surface area (Å²) in [7, 11) is 0. The van der Waals surface area contributed by atoms with Crippen molar-refractivity contribution < 1.29 is 28.6 Å². The van der Waals surface area contributed by atoms with Gasteiger partial charge in [-0.05, 0) is 122 Å². The van der Waals surface area contributed by atoms with Gasteiger partial charge >= 0.3 is 17.9 Å². The molecule has 0 saturated carbocycles. The van der Waals surface area contributed by atoms with Gasteiger partial charge in [-0.2, -0.15) is 0 Å². The number of ether oxygens (including phenoxy) is 3. The van der Waals surface area contributed by atoms with Crippen molar-refractivity contribution in [3.05, 3.63) is 134 Å². The van der Waals surface area contributed by atoms with Crippen LogP contribution in [0.5, 0.6) is 0 Å². The average Bonchev–Trinajstić information content (AvgIpc) is 3.49. The standard InChI is InChI=1S/C77H128O6/c1-4-7-10-13-15-17-19-21-23-25-27-29-31-33-34-35-36-37-38-39-40-41-42-44-45-47-49-51-53-55-57-59-61-64-67-70-76(79)82-73-74(72-81-75(78)69-66-63-12-9-6-3)83-77(80)71-68-65-62-60-58-56-54-52-50-48-46-43-32-30-28-26-24-22-20-18-16-14-11-8-5-2/h7,10,15,17,21,23,26-29,33-34,36-37,39-40,42,44,47,49,53,55,74H,4-6,8-9,11-14,16,18-20,22,24-25,30-32,35,38,41,43,45-46,48,50-52,54,56-73H2,1-3H3/b10-7-,17-15-,23-21-,28-26-,29-27-,34-33-,37-36-,40-39-,44-42-,49-47-,55-53-. The predicted molar refractivity (Wildman–Crippen MR) is 362 cm³/mol. The van der Waals surface area contributed by atoms with Crippen molar-refractivity contribution in [3.63, 3.8) is 0 Å². The van der Waals surface area contributed by atoms with E-state index in [1.54, 1.807) is 0 Å². The van der Waals surface area contributed by atoms with E-state index >= 15 is 0 Å². The van der Waals surface area contributed by atoms with Crippen LogP contribution in [0.15, 0.2) is 134 Å². The van der Waals surface area contributed by atoms with E-state index in [2.05, 4.69) is 154 Å². The highest BCUT2D eigenvalue weighted by Crippen LogP contribution is 2.16. The maximum absolute atomic E-state index is 12.9. The Labute approximate surface area is 513 Å². The van der Waals surface area contributed by atoms with E-state index in [-0.39, 0.29) is 31.1 Å². The van der Waals surface area contributed by atoms with Gasteiger partial charge in [0, 0.05) is 19.3 Å². The van der Waals surface area contributed by atoms with Crippen LogP contribution >= 0.6 is 0 Å². The molecule has 472 valence electrons. The highest BCUT2D eigenvalue weighted by molar-refractivity contribution is 5.71. The fourth-order valence-corrected chi connectivity index (χ4v) is 9.47. The molecule has 0 aromatic carbocycles. The molecule has 1 unspecified atom stereocenters. The topological polar surface area (TPSA) is 78.9 Å². The van der Waals surface area contributed by atoms with E-state index in [1.165, 1.54) is 135 Å². The fourth-order valence-electron chi connectivity index (χ4n) is 9.47. The molecular formula is C77H128O6. The third-order valence-corrected chi connectivity index (χ3v) is 14.6. The summed E-state index contributed by atoms with van der Waals surface area (Å²) in [5.74, 6) is -0.923. The molecule has 0 aromatic heterocycles. The van der Waals surface area contributed by atoms with E-state index in [0.29, 0.717) is 19.3 Å². The average molecular weight is 1150 g/mol. The molecule has 0 saturated heterocycles. The Morgan fingerprint density at radius 1 is 0.253 bits per heavy atom. The molecule has 0 aliphatic rings. The first kappa shape index (κ1) is 78.5. The predicted octanol–water partition coefficient (Wildman–Crippen LogP) is 24.1. The quantitative estimate of drug-likeness (QED) is 0.0261. The smallest absolute Gasteiger partial charge is 0.306 e. The van der Waals surface area contributed by atoms with Gasteiger partial charge in [-0.3, -0.25) is 14.4 Å². The molecule has 83 heavy (non-hydrogen) atoms. The first-order valence-corrected chi connectivity index (χ1v) is 34.7. The first-order valence-electron chi connectivity index (χ1n) is 34.7. The van der Waals surface area contributed by atoms with E-state index in [4.69, 9.17) is 14.2 Å².